The predicted molar refractivity (Wildman–Crippen MR) is 85.4 cm³/mol. The Morgan fingerprint density at radius 3 is 2.83 bits per heavy atom. The van der Waals surface area contributed by atoms with Crippen molar-refractivity contribution in [1.82, 2.24) is 5.01 Å². The number of hydrogen-bond acceptors (Lipinski definition) is 4. The number of nitrogens with zero attached hydrogens (tertiary/aromatic N) is 2. The monoisotopic (exact) mass is 326 g/mol. The van der Waals surface area contributed by atoms with Crippen LogP contribution in [0.25, 0.3) is 0 Å². The van der Waals surface area contributed by atoms with Crippen LogP contribution in [-0.4, -0.2) is 23.4 Å². The summed E-state index contributed by atoms with van der Waals surface area (Å²) < 4.78 is 24.3. The maximum atomic E-state index is 13.5. The van der Waals surface area contributed by atoms with Crippen LogP contribution in [0.2, 0.25) is 0 Å². The second-order valence-corrected chi connectivity index (χ2v) is 5.75. The van der Waals surface area contributed by atoms with Crippen molar-refractivity contribution < 1.29 is 18.7 Å². The molecule has 4 rings (SSSR count). The summed E-state index contributed by atoms with van der Waals surface area (Å²) in [6.45, 7) is 1.66. The highest BCUT2D eigenvalue weighted by molar-refractivity contribution is 6.03. The summed E-state index contributed by atoms with van der Waals surface area (Å²) in [5.74, 6) is 0.855. The molecule has 0 bridgehead atoms. The minimum atomic E-state index is -0.326. The van der Waals surface area contributed by atoms with Gasteiger partial charge in [0.25, 0.3) is 0 Å². The molecule has 2 aliphatic heterocycles. The Bertz CT molecular complexity index is 850. The van der Waals surface area contributed by atoms with E-state index in [1.54, 1.807) is 6.07 Å². The molecular formula is C18H15FN2O3. The van der Waals surface area contributed by atoms with Crippen LogP contribution in [0.1, 0.15) is 30.5 Å². The van der Waals surface area contributed by atoms with Crippen LogP contribution in [0.15, 0.2) is 47.6 Å². The summed E-state index contributed by atoms with van der Waals surface area (Å²) >= 11 is 0. The summed E-state index contributed by atoms with van der Waals surface area (Å²) in [5.41, 5.74) is 2.35. The fraction of sp³-hybridized carbons (Fsp3) is 0.222. The zero-order valence-corrected chi connectivity index (χ0v) is 13.0. The van der Waals surface area contributed by atoms with E-state index < -0.39 is 0 Å². The highest BCUT2D eigenvalue weighted by Gasteiger charge is 2.32. The topological polar surface area (TPSA) is 51.1 Å². The van der Waals surface area contributed by atoms with Crippen LogP contribution < -0.4 is 9.47 Å². The van der Waals surface area contributed by atoms with Crippen molar-refractivity contribution in [3.63, 3.8) is 0 Å². The summed E-state index contributed by atoms with van der Waals surface area (Å²) in [4.78, 5) is 12.0. The molecule has 1 atom stereocenters. The van der Waals surface area contributed by atoms with Crippen LogP contribution in [0.5, 0.6) is 11.5 Å². The average molecular weight is 326 g/mol. The molecule has 0 radical (unpaired) electrons. The minimum Gasteiger partial charge on any atom is -0.454 e. The Morgan fingerprint density at radius 2 is 2.04 bits per heavy atom. The molecule has 0 aromatic heterocycles. The van der Waals surface area contributed by atoms with Gasteiger partial charge in [-0.2, -0.15) is 5.10 Å². The van der Waals surface area contributed by atoms with Crippen molar-refractivity contribution >= 4 is 11.6 Å². The SMILES string of the molecule is CC(=O)N1N=C(c2ccc3c(c2)OCO3)C[C@@H]1c1cccc(F)c1. The van der Waals surface area contributed by atoms with E-state index in [1.807, 2.05) is 24.3 Å². The molecule has 0 unspecified atom stereocenters. The van der Waals surface area contributed by atoms with Crippen LogP contribution >= 0.6 is 0 Å². The summed E-state index contributed by atoms with van der Waals surface area (Å²) in [6.07, 6.45) is 0.517. The molecule has 2 aliphatic rings. The van der Waals surface area contributed by atoms with Crippen LogP contribution in [0.4, 0.5) is 4.39 Å². The van der Waals surface area contributed by atoms with Gasteiger partial charge in [-0.15, -0.1) is 0 Å². The molecule has 1 amide bonds. The Morgan fingerprint density at radius 1 is 1.21 bits per heavy atom. The van der Waals surface area contributed by atoms with Crippen molar-refractivity contribution in [3.8, 4) is 11.5 Å². The first-order valence-corrected chi connectivity index (χ1v) is 7.64. The van der Waals surface area contributed by atoms with Crippen molar-refractivity contribution in [2.24, 2.45) is 5.10 Å². The Hall–Kier alpha value is -2.89. The smallest absolute Gasteiger partial charge is 0.240 e. The predicted octanol–water partition coefficient (Wildman–Crippen LogP) is 3.25. The van der Waals surface area contributed by atoms with Crippen LogP contribution in [0.3, 0.4) is 0 Å². The molecule has 2 heterocycles. The van der Waals surface area contributed by atoms with Crippen molar-refractivity contribution in [2.75, 3.05) is 6.79 Å². The molecule has 0 aliphatic carbocycles. The van der Waals surface area contributed by atoms with E-state index in [4.69, 9.17) is 9.47 Å². The Labute approximate surface area is 138 Å². The van der Waals surface area contributed by atoms with Gasteiger partial charge in [0, 0.05) is 18.9 Å². The fourth-order valence-corrected chi connectivity index (χ4v) is 3.02. The lowest BCUT2D eigenvalue weighted by Gasteiger charge is -2.20. The lowest BCUT2D eigenvalue weighted by molar-refractivity contribution is -0.130. The molecule has 0 spiro atoms. The summed E-state index contributed by atoms with van der Waals surface area (Å²) in [5, 5.41) is 5.86. The fourth-order valence-electron chi connectivity index (χ4n) is 3.02. The maximum absolute atomic E-state index is 13.5. The van der Waals surface area contributed by atoms with E-state index >= 15 is 0 Å². The molecule has 0 N–H and O–H groups in total. The van der Waals surface area contributed by atoms with E-state index in [9.17, 15) is 9.18 Å². The van der Waals surface area contributed by atoms with Gasteiger partial charge >= 0.3 is 0 Å². The molecule has 24 heavy (non-hydrogen) atoms. The molecule has 0 saturated carbocycles. The zero-order valence-electron chi connectivity index (χ0n) is 13.0. The highest BCUT2D eigenvalue weighted by atomic mass is 19.1. The molecule has 2 aromatic rings. The third-order valence-corrected chi connectivity index (χ3v) is 4.17. The van der Waals surface area contributed by atoms with Gasteiger partial charge in [-0.1, -0.05) is 12.1 Å². The number of amides is 1. The van der Waals surface area contributed by atoms with Crippen molar-refractivity contribution in [3.05, 3.63) is 59.4 Å². The van der Waals surface area contributed by atoms with Gasteiger partial charge in [0.1, 0.15) is 5.82 Å². The van der Waals surface area contributed by atoms with Gasteiger partial charge in [-0.25, -0.2) is 9.40 Å². The molecule has 122 valence electrons. The van der Waals surface area contributed by atoms with Gasteiger partial charge in [-0.3, -0.25) is 4.79 Å². The molecular weight excluding hydrogens is 311 g/mol. The first kappa shape index (κ1) is 14.7. The number of rotatable bonds is 2. The molecule has 2 aromatic carbocycles. The standard InChI is InChI=1S/C18H15FN2O3/c1-11(22)21-16(13-3-2-4-14(19)7-13)9-15(20-21)12-5-6-17-18(8-12)24-10-23-17/h2-8,16H,9-10H2,1H3/t16-/m1/s1. The number of hydrazone groups is 1. The largest absolute Gasteiger partial charge is 0.454 e. The average Bonchev–Trinajstić information content (AvgIpc) is 3.21. The zero-order chi connectivity index (χ0) is 16.7. The first-order valence-electron chi connectivity index (χ1n) is 7.64. The van der Waals surface area contributed by atoms with E-state index in [1.165, 1.54) is 24.1 Å². The number of fused-ring (bicyclic) bond motifs is 1. The van der Waals surface area contributed by atoms with Crippen molar-refractivity contribution in [2.45, 2.75) is 19.4 Å². The van der Waals surface area contributed by atoms with Gasteiger partial charge in [0.15, 0.2) is 11.5 Å². The van der Waals surface area contributed by atoms with Crippen LogP contribution in [-0.2, 0) is 4.79 Å². The number of hydrogen-bond donors (Lipinski definition) is 0. The van der Waals surface area contributed by atoms with Crippen LogP contribution in [0, 0.1) is 5.82 Å². The normalized spacial score (nSPS) is 18.7. The molecule has 0 fully saturated rings. The summed E-state index contributed by atoms with van der Waals surface area (Å²) in [6, 6.07) is 11.5. The highest BCUT2D eigenvalue weighted by Crippen LogP contribution is 2.37. The Kier molecular flexibility index (Phi) is 3.45. The van der Waals surface area contributed by atoms with Gasteiger partial charge in [0.2, 0.25) is 12.7 Å². The van der Waals surface area contributed by atoms with E-state index in [0.29, 0.717) is 17.9 Å². The number of carbonyl (C=O) groups excluding carboxylic acids is 1. The third-order valence-electron chi connectivity index (χ3n) is 4.17. The van der Waals surface area contributed by atoms with E-state index in [2.05, 4.69) is 5.10 Å². The quantitative estimate of drug-likeness (QED) is 0.851. The number of ether oxygens (including phenoxy) is 2. The van der Waals surface area contributed by atoms with E-state index in [0.717, 1.165) is 16.8 Å². The number of halogens is 1. The van der Waals surface area contributed by atoms with Crippen molar-refractivity contribution in [1.29, 1.82) is 0 Å². The summed E-state index contributed by atoms with van der Waals surface area (Å²) in [7, 11) is 0. The van der Waals surface area contributed by atoms with E-state index in [-0.39, 0.29) is 24.6 Å². The van der Waals surface area contributed by atoms with Gasteiger partial charge < -0.3 is 9.47 Å². The number of carbonyl (C=O) groups is 1. The Balaban J connectivity index is 1.68. The minimum absolute atomic E-state index is 0.181. The molecule has 5 nitrogen and oxygen atoms in total. The number of benzene rings is 2. The first-order chi connectivity index (χ1) is 11.6. The van der Waals surface area contributed by atoms with Gasteiger partial charge in [0.05, 0.1) is 11.8 Å². The lowest BCUT2D eigenvalue weighted by Crippen LogP contribution is -2.24. The third kappa shape index (κ3) is 2.50. The van der Waals surface area contributed by atoms with Gasteiger partial charge in [-0.05, 0) is 35.9 Å². The molecule has 6 heteroatoms. The molecule has 0 saturated heterocycles. The second-order valence-electron chi connectivity index (χ2n) is 5.75. The maximum Gasteiger partial charge on any atom is 0.240 e. The second kappa shape index (κ2) is 5.63. The lowest BCUT2D eigenvalue weighted by atomic mass is 9.98.